The third-order valence-electron chi connectivity index (χ3n) is 4.01. The molecule has 1 aliphatic rings. The maximum atomic E-state index is 6.34. The van der Waals surface area contributed by atoms with Gasteiger partial charge >= 0.3 is 0 Å². The Balaban J connectivity index is 2.17. The molecule has 4 heteroatoms. The van der Waals surface area contributed by atoms with Crippen molar-refractivity contribution in [3.05, 3.63) is 24.4 Å². The van der Waals surface area contributed by atoms with E-state index in [0.29, 0.717) is 5.69 Å². The average Bonchev–Trinajstić information content (AvgIpc) is 2.75. The molecule has 4 nitrogen and oxygen atoms in total. The lowest BCUT2D eigenvalue weighted by molar-refractivity contribution is 0.417. The normalized spacial score (nSPS) is 16.1. The van der Waals surface area contributed by atoms with Gasteiger partial charge in [-0.2, -0.15) is 0 Å². The van der Waals surface area contributed by atoms with Gasteiger partial charge in [0.2, 0.25) is 0 Å². The Bertz CT molecular complexity index is 604. The first-order valence-electron chi connectivity index (χ1n) is 7.27. The van der Waals surface area contributed by atoms with Crippen molar-refractivity contribution in [3.8, 4) is 5.75 Å². The van der Waals surface area contributed by atoms with E-state index in [2.05, 4.69) is 16.0 Å². The molecule has 1 fully saturated rings. The molecule has 1 saturated heterocycles. The number of hydrogen-bond donors (Lipinski definition) is 1. The molecule has 0 spiro atoms. The first-order valence-corrected chi connectivity index (χ1v) is 7.27. The molecular weight excluding hydrogens is 250 g/mol. The van der Waals surface area contributed by atoms with Gasteiger partial charge in [-0.15, -0.1) is 0 Å². The van der Waals surface area contributed by atoms with Gasteiger partial charge in [-0.1, -0.05) is 18.9 Å². The summed E-state index contributed by atoms with van der Waals surface area (Å²) >= 11 is 0. The van der Waals surface area contributed by atoms with Crippen LogP contribution in [0.4, 0.5) is 11.4 Å². The van der Waals surface area contributed by atoms with E-state index in [-0.39, 0.29) is 0 Å². The van der Waals surface area contributed by atoms with Crippen molar-refractivity contribution in [2.75, 3.05) is 30.8 Å². The minimum atomic E-state index is 0.709. The number of nitrogen functional groups attached to an aromatic ring is 1. The molecule has 2 heterocycles. The Morgan fingerprint density at radius 2 is 1.95 bits per heavy atom. The highest BCUT2D eigenvalue weighted by molar-refractivity contribution is 6.00. The molecule has 3 rings (SSSR count). The second-order valence-corrected chi connectivity index (χ2v) is 5.32. The van der Waals surface area contributed by atoms with Gasteiger partial charge < -0.3 is 15.4 Å². The number of anilines is 2. The number of methoxy groups -OCH3 is 1. The summed E-state index contributed by atoms with van der Waals surface area (Å²) in [5.74, 6) is 0.741. The third-order valence-corrected chi connectivity index (χ3v) is 4.01. The van der Waals surface area contributed by atoms with Crippen LogP contribution in [-0.4, -0.2) is 25.2 Å². The monoisotopic (exact) mass is 271 g/mol. The molecule has 0 radical (unpaired) electrons. The van der Waals surface area contributed by atoms with E-state index in [1.807, 2.05) is 18.3 Å². The van der Waals surface area contributed by atoms with Crippen molar-refractivity contribution >= 4 is 22.3 Å². The zero-order valence-electron chi connectivity index (χ0n) is 11.9. The summed E-state index contributed by atoms with van der Waals surface area (Å²) in [6, 6.07) is 5.98. The smallest absolute Gasteiger partial charge is 0.144 e. The van der Waals surface area contributed by atoms with Crippen LogP contribution in [0.3, 0.4) is 0 Å². The van der Waals surface area contributed by atoms with Gasteiger partial charge in [0.25, 0.3) is 0 Å². The SMILES string of the molecule is COc1cc2cccnc2c(N2CCCCCC2)c1N. The molecule has 106 valence electrons. The predicted molar refractivity (Wildman–Crippen MR) is 83.4 cm³/mol. The van der Waals surface area contributed by atoms with Crippen LogP contribution in [-0.2, 0) is 0 Å². The van der Waals surface area contributed by atoms with Gasteiger partial charge in [0.15, 0.2) is 0 Å². The van der Waals surface area contributed by atoms with Crippen LogP contribution in [0.15, 0.2) is 24.4 Å². The van der Waals surface area contributed by atoms with Gasteiger partial charge in [-0.05, 0) is 25.0 Å². The summed E-state index contributed by atoms with van der Waals surface area (Å²) in [7, 11) is 1.67. The van der Waals surface area contributed by atoms with Crippen molar-refractivity contribution in [2.24, 2.45) is 0 Å². The van der Waals surface area contributed by atoms with Crippen LogP contribution in [0.5, 0.6) is 5.75 Å². The number of nitrogens with two attached hydrogens (primary N) is 1. The molecule has 0 amide bonds. The predicted octanol–water partition coefficient (Wildman–Crippen LogP) is 3.21. The fourth-order valence-corrected chi connectivity index (χ4v) is 2.98. The number of hydrogen-bond acceptors (Lipinski definition) is 4. The summed E-state index contributed by atoms with van der Waals surface area (Å²) in [6.07, 6.45) is 6.85. The topological polar surface area (TPSA) is 51.4 Å². The highest BCUT2D eigenvalue weighted by atomic mass is 16.5. The Hall–Kier alpha value is -1.97. The molecule has 1 aliphatic heterocycles. The summed E-state index contributed by atoms with van der Waals surface area (Å²) in [5.41, 5.74) is 9.07. The van der Waals surface area contributed by atoms with E-state index in [1.165, 1.54) is 25.7 Å². The van der Waals surface area contributed by atoms with E-state index in [4.69, 9.17) is 10.5 Å². The average molecular weight is 271 g/mol. The summed E-state index contributed by atoms with van der Waals surface area (Å²) in [5, 5.41) is 1.08. The Morgan fingerprint density at radius 1 is 1.20 bits per heavy atom. The van der Waals surface area contributed by atoms with E-state index in [1.54, 1.807) is 7.11 Å². The molecular formula is C16H21N3O. The molecule has 1 aromatic heterocycles. The first kappa shape index (κ1) is 13.0. The highest BCUT2D eigenvalue weighted by Gasteiger charge is 2.19. The van der Waals surface area contributed by atoms with Crippen molar-refractivity contribution in [1.82, 2.24) is 4.98 Å². The quantitative estimate of drug-likeness (QED) is 0.852. The lowest BCUT2D eigenvalue weighted by Gasteiger charge is -2.26. The maximum absolute atomic E-state index is 6.34. The van der Waals surface area contributed by atoms with Gasteiger partial charge in [-0.3, -0.25) is 4.98 Å². The molecule has 20 heavy (non-hydrogen) atoms. The van der Waals surface area contributed by atoms with Crippen LogP contribution in [0, 0.1) is 0 Å². The Morgan fingerprint density at radius 3 is 2.65 bits per heavy atom. The first-order chi connectivity index (χ1) is 9.81. The lowest BCUT2D eigenvalue weighted by Crippen LogP contribution is -2.25. The van der Waals surface area contributed by atoms with Gasteiger partial charge in [-0.25, -0.2) is 0 Å². The van der Waals surface area contributed by atoms with Crippen LogP contribution in [0.25, 0.3) is 10.9 Å². The van der Waals surface area contributed by atoms with Crippen LogP contribution in [0.1, 0.15) is 25.7 Å². The molecule has 2 aromatic rings. The summed E-state index contributed by atoms with van der Waals surface area (Å²) in [6.45, 7) is 2.09. The standard InChI is InChI=1S/C16H21N3O/c1-20-13-11-12-7-6-8-18-15(12)16(14(13)17)19-9-4-2-3-5-10-19/h6-8,11H,2-5,9-10,17H2,1H3. The second-order valence-electron chi connectivity index (χ2n) is 5.32. The number of ether oxygens (including phenoxy) is 1. The Labute approximate surface area is 119 Å². The number of pyridine rings is 1. The molecule has 0 atom stereocenters. The number of fused-ring (bicyclic) bond motifs is 1. The minimum Gasteiger partial charge on any atom is -0.494 e. The van der Waals surface area contributed by atoms with Gasteiger partial charge in [0, 0.05) is 24.7 Å². The number of benzene rings is 1. The second kappa shape index (κ2) is 5.57. The fraction of sp³-hybridized carbons (Fsp3) is 0.438. The zero-order valence-corrected chi connectivity index (χ0v) is 11.9. The maximum Gasteiger partial charge on any atom is 0.144 e. The third kappa shape index (κ3) is 2.26. The van der Waals surface area contributed by atoms with E-state index in [9.17, 15) is 0 Å². The molecule has 2 N–H and O–H groups in total. The van der Waals surface area contributed by atoms with Crippen molar-refractivity contribution < 1.29 is 4.74 Å². The molecule has 0 aliphatic carbocycles. The summed E-state index contributed by atoms with van der Waals surface area (Å²) in [4.78, 5) is 6.92. The van der Waals surface area contributed by atoms with Gasteiger partial charge in [0.1, 0.15) is 11.4 Å². The molecule has 0 unspecified atom stereocenters. The highest BCUT2D eigenvalue weighted by Crippen LogP contribution is 2.39. The van der Waals surface area contributed by atoms with E-state index in [0.717, 1.165) is 35.4 Å². The molecule has 1 aromatic carbocycles. The molecule has 0 saturated carbocycles. The van der Waals surface area contributed by atoms with Crippen molar-refractivity contribution in [2.45, 2.75) is 25.7 Å². The van der Waals surface area contributed by atoms with E-state index < -0.39 is 0 Å². The van der Waals surface area contributed by atoms with E-state index >= 15 is 0 Å². The number of nitrogens with zero attached hydrogens (tertiary/aromatic N) is 2. The zero-order chi connectivity index (χ0) is 13.9. The van der Waals surface area contributed by atoms with Crippen LogP contribution < -0.4 is 15.4 Å². The lowest BCUT2D eigenvalue weighted by atomic mass is 10.1. The van der Waals surface area contributed by atoms with Crippen molar-refractivity contribution in [3.63, 3.8) is 0 Å². The minimum absolute atomic E-state index is 0.709. The van der Waals surface area contributed by atoms with Crippen LogP contribution >= 0.6 is 0 Å². The fourth-order valence-electron chi connectivity index (χ4n) is 2.98. The Kier molecular flexibility index (Phi) is 3.63. The van der Waals surface area contributed by atoms with Crippen molar-refractivity contribution in [1.29, 1.82) is 0 Å². The summed E-state index contributed by atoms with van der Waals surface area (Å²) < 4.78 is 5.44. The van der Waals surface area contributed by atoms with Gasteiger partial charge in [0.05, 0.1) is 18.3 Å². The largest absolute Gasteiger partial charge is 0.494 e. The number of rotatable bonds is 2. The molecule has 0 bridgehead atoms. The van der Waals surface area contributed by atoms with Crippen LogP contribution in [0.2, 0.25) is 0 Å². The number of aromatic nitrogens is 1.